The zero-order chi connectivity index (χ0) is 24.2. The number of carbonyl (C=O) groups excluding carboxylic acids is 1. The van der Waals surface area contributed by atoms with E-state index in [0.717, 1.165) is 34.4 Å². The van der Waals surface area contributed by atoms with Crippen LogP contribution in [0, 0.1) is 13.8 Å². The molecule has 4 rings (SSSR count). The molecule has 0 bridgehead atoms. The van der Waals surface area contributed by atoms with Gasteiger partial charge < -0.3 is 23.8 Å². The first kappa shape index (κ1) is 23.5. The summed E-state index contributed by atoms with van der Waals surface area (Å²) >= 11 is 0. The Kier molecular flexibility index (Phi) is 6.96. The summed E-state index contributed by atoms with van der Waals surface area (Å²) in [7, 11) is 4.86. The summed E-state index contributed by atoms with van der Waals surface area (Å²) in [4.78, 5) is 15.5. The highest BCUT2D eigenvalue weighted by atomic mass is 16.5. The molecule has 6 heteroatoms. The predicted octanol–water partition coefficient (Wildman–Crippen LogP) is 5.15. The number of fused-ring (bicyclic) bond motifs is 1. The van der Waals surface area contributed by atoms with Crippen molar-refractivity contribution >= 4 is 5.91 Å². The Morgan fingerprint density at radius 3 is 2.12 bits per heavy atom. The molecule has 3 aromatic rings. The van der Waals surface area contributed by atoms with E-state index in [1.54, 1.807) is 45.6 Å². The van der Waals surface area contributed by atoms with Crippen LogP contribution in [0.5, 0.6) is 23.0 Å². The number of ether oxygens (including phenoxy) is 4. The summed E-state index contributed by atoms with van der Waals surface area (Å²) in [5.41, 5.74) is 5.02. The van der Waals surface area contributed by atoms with Gasteiger partial charge in [-0.15, -0.1) is 0 Å². The van der Waals surface area contributed by atoms with Crippen LogP contribution < -0.4 is 18.9 Å². The molecule has 1 amide bonds. The molecular formula is C28H31NO5. The van der Waals surface area contributed by atoms with E-state index >= 15 is 0 Å². The minimum Gasteiger partial charge on any atom is -0.497 e. The lowest BCUT2D eigenvalue weighted by atomic mass is 9.91. The zero-order valence-corrected chi connectivity index (χ0v) is 20.4. The molecule has 0 fully saturated rings. The molecule has 34 heavy (non-hydrogen) atoms. The highest BCUT2D eigenvalue weighted by Gasteiger charge is 2.33. The van der Waals surface area contributed by atoms with Crippen molar-refractivity contribution in [2.45, 2.75) is 26.3 Å². The number of benzene rings is 3. The molecule has 0 saturated heterocycles. The van der Waals surface area contributed by atoms with Gasteiger partial charge in [0.15, 0.2) is 11.5 Å². The Balaban J connectivity index is 1.70. The van der Waals surface area contributed by atoms with Gasteiger partial charge in [-0.25, -0.2) is 0 Å². The number of methoxy groups -OCH3 is 3. The zero-order valence-electron chi connectivity index (χ0n) is 20.4. The van der Waals surface area contributed by atoms with Crippen molar-refractivity contribution in [1.29, 1.82) is 0 Å². The molecule has 178 valence electrons. The molecule has 0 aliphatic carbocycles. The van der Waals surface area contributed by atoms with Gasteiger partial charge in [0.1, 0.15) is 18.1 Å². The summed E-state index contributed by atoms with van der Waals surface area (Å²) in [6, 6.07) is 17.0. The van der Waals surface area contributed by atoms with Gasteiger partial charge in [0.25, 0.3) is 5.91 Å². The Labute approximate surface area is 201 Å². The van der Waals surface area contributed by atoms with Gasteiger partial charge >= 0.3 is 0 Å². The quantitative estimate of drug-likeness (QED) is 0.487. The van der Waals surface area contributed by atoms with Crippen LogP contribution in [0.15, 0.2) is 54.6 Å². The number of amides is 1. The number of hydrogen-bond acceptors (Lipinski definition) is 5. The standard InChI is InChI=1S/C28H31NO5/c1-18-12-19(2)14-23(13-18)34-17-25-24-16-27(33-5)26(32-4)15-21(24)10-11-29(25)28(30)20-6-8-22(31-3)9-7-20/h6-9,12-16,25H,10-11,17H2,1-5H3/t25-/m0/s1. The lowest BCUT2D eigenvalue weighted by Crippen LogP contribution is -2.42. The molecule has 1 heterocycles. The van der Waals surface area contributed by atoms with Crippen molar-refractivity contribution in [1.82, 2.24) is 4.90 Å². The predicted molar refractivity (Wildman–Crippen MR) is 131 cm³/mol. The largest absolute Gasteiger partial charge is 0.497 e. The van der Waals surface area contributed by atoms with Crippen molar-refractivity contribution in [2.75, 3.05) is 34.5 Å². The fourth-order valence-electron chi connectivity index (χ4n) is 4.54. The first-order valence-corrected chi connectivity index (χ1v) is 11.3. The smallest absolute Gasteiger partial charge is 0.254 e. The second kappa shape index (κ2) is 10.1. The summed E-state index contributed by atoms with van der Waals surface area (Å²) in [5.74, 6) is 2.78. The van der Waals surface area contributed by atoms with E-state index < -0.39 is 0 Å². The Morgan fingerprint density at radius 2 is 1.50 bits per heavy atom. The van der Waals surface area contributed by atoms with Crippen molar-refractivity contribution in [3.8, 4) is 23.0 Å². The highest BCUT2D eigenvalue weighted by Crippen LogP contribution is 2.39. The molecule has 0 radical (unpaired) electrons. The lowest BCUT2D eigenvalue weighted by Gasteiger charge is -2.37. The first-order valence-electron chi connectivity index (χ1n) is 11.3. The fourth-order valence-corrected chi connectivity index (χ4v) is 4.54. The summed E-state index contributed by atoms with van der Waals surface area (Å²) in [5, 5.41) is 0. The third kappa shape index (κ3) is 4.81. The minimum atomic E-state index is -0.279. The lowest BCUT2D eigenvalue weighted by molar-refractivity contribution is 0.0589. The van der Waals surface area contributed by atoms with E-state index in [0.29, 0.717) is 36.0 Å². The van der Waals surface area contributed by atoms with Crippen LogP contribution in [0.1, 0.15) is 38.7 Å². The SMILES string of the molecule is COc1ccc(C(=O)N2CCc3cc(OC)c(OC)cc3[C@@H]2COc2cc(C)cc(C)c2)cc1. The Bertz CT molecular complexity index is 1150. The van der Waals surface area contributed by atoms with Gasteiger partial charge in [0.2, 0.25) is 0 Å². The molecule has 1 aliphatic rings. The van der Waals surface area contributed by atoms with Crippen LogP contribution in [0.3, 0.4) is 0 Å². The third-order valence-electron chi connectivity index (χ3n) is 6.20. The molecule has 0 spiro atoms. The van der Waals surface area contributed by atoms with E-state index in [4.69, 9.17) is 18.9 Å². The van der Waals surface area contributed by atoms with Crippen LogP contribution in [-0.4, -0.2) is 45.3 Å². The van der Waals surface area contributed by atoms with Gasteiger partial charge in [-0.05, 0) is 91.1 Å². The maximum Gasteiger partial charge on any atom is 0.254 e. The second-order valence-corrected chi connectivity index (χ2v) is 8.53. The molecule has 3 aromatic carbocycles. The van der Waals surface area contributed by atoms with E-state index in [1.165, 1.54) is 0 Å². The molecule has 0 saturated carbocycles. The molecule has 0 aromatic heterocycles. The van der Waals surface area contributed by atoms with Gasteiger partial charge in [-0.1, -0.05) is 6.07 Å². The van der Waals surface area contributed by atoms with E-state index in [2.05, 4.69) is 6.07 Å². The number of hydrogen-bond donors (Lipinski definition) is 0. The van der Waals surface area contributed by atoms with E-state index in [-0.39, 0.29) is 11.9 Å². The highest BCUT2D eigenvalue weighted by molar-refractivity contribution is 5.95. The van der Waals surface area contributed by atoms with Crippen LogP contribution in [0.2, 0.25) is 0 Å². The topological polar surface area (TPSA) is 57.2 Å². The maximum absolute atomic E-state index is 13.6. The van der Waals surface area contributed by atoms with Crippen molar-refractivity contribution in [3.05, 3.63) is 82.4 Å². The average molecular weight is 462 g/mol. The summed E-state index contributed by atoms with van der Waals surface area (Å²) < 4.78 is 22.6. The molecule has 1 atom stereocenters. The second-order valence-electron chi connectivity index (χ2n) is 8.53. The fraction of sp³-hybridized carbons (Fsp3) is 0.321. The van der Waals surface area contributed by atoms with Crippen LogP contribution >= 0.6 is 0 Å². The third-order valence-corrected chi connectivity index (χ3v) is 6.20. The number of carbonyl (C=O) groups is 1. The van der Waals surface area contributed by atoms with Crippen molar-refractivity contribution in [3.63, 3.8) is 0 Å². The molecular weight excluding hydrogens is 430 g/mol. The van der Waals surface area contributed by atoms with Crippen molar-refractivity contribution in [2.24, 2.45) is 0 Å². The monoisotopic (exact) mass is 461 g/mol. The Morgan fingerprint density at radius 1 is 0.853 bits per heavy atom. The molecule has 0 N–H and O–H groups in total. The molecule has 0 unspecified atom stereocenters. The summed E-state index contributed by atoms with van der Waals surface area (Å²) in [6.07, 6.45) is 0.720. The minimum absolute atomic E-state index is 0.0443. The van der Waals surface area contributed by atoms with Crippen molar-refractivity contribution < 1.29 is 23.7 Å². The number of aryl methyl sites for hydroxylation is 2. The number of rotatable bonds is 7. The Hall–Kier alpha value is -3.67. The van der Waals surface area contributed by atoms with E-state index in [9.17, 15) is 4.79 Å². The molecule has 1 aliphatic heterocycles. The van der Waals surface area contributed by atoms with E-state index in [1.807, 2.05) is 43.0 Å². The first-order chi connectivity index (χ1) is 16.4. The normalized spacial score (nSPS) is 14.9. The van der Waals surface area contributed by atoms with Gasteiger partial charge in [0.05, 0.1) is 27.4 Å². The van der Waals surface area contributed by atoms with Crippen LogP contribution in [0.4, 0.5) is 0 Å². The van der Waals surface area contributed by atoms with Crippen LogP contribution in [-0.2, 0) is 6.42 Å². The maximum atomic E-state index is 13.6. The molecule has 6 nitrogen and oxygen atoms in total. The van der Waals surface area contributed by atoms with Gasteiger partial charge in [0, 0.05) is 12.1 Å². The number of nitrogens with zero attached hydrogens (tertiary/aromatic N) is 1. The van der Waals surface area contributed by atoms with Crippen LogP contribution in [0.25, 0.3) is 0 Å². The van der Waals surface area contributed by atoms with Gasteiger partial charge in [-0.3, -0.25) is 4.79 Å². The average Bonchev–Trinajstić information content (AvgIpc) is 2.85. The summed E-state index contributed by atoms with van der Waals surface area (Å²) in [6.45, 7) is 5.00. The van der Waals surface area contributed by atoms with Gasteiger partial charge in [-0.2, -0.15) is 0 Å².